The summed E-state index contributed by atoms with van der Waals surface area (Å²) in [5, 5.41) is 2.99. The van der Waals surface area contributed by atoms with E-state index < -0.39 is 12.0 Å². The fourth-order valence-electron chi connectivity index (χ4n) is 5.16. The number of anilines is 1. The van der Waals surface area contributed by atoms with Crippen molar-refractivity contribution in [2.75, 3.05) is 62.1 Å². The first-order valence-electron chi connectivity index (χ1n) is 12.6. The Morgan fingerprint density at radius 3 is 1.76 bits per heavy atom. The Bertz CT molecular complexity index is 1430. The van der Waals surface area contributed by atoms with Gasteiger partial charge in [0.1, 0.15) is 0 Å². The maximum atomic E-state index is 14.3. The summed E-state index contributed by atoms with van der Waals surface area (Å²) in [7, 11) is 12.2. The van der Waals surface area contributed by atoms with Crippen LogP contribution < -0.4 is 38.5 Å². The minimum atomic E-state index is -0.871. The van der Waals surface area contributed by atoms with Crippen molar-refractivity contribution in [3.63, 3.8) is 0 Å². The number of fused-ring (bicyclic) bond motifs is 1. The van der Waals surface area contributed by atoms with E-state index in [-0.39, 0.29) is 11.8 Å². The number of carbonyl (C=O) groups is 2. The molecular formula is C30H34N2O9. The summed E-state index contributed by atoms with van der Waals surface area (Å²) in [5.74, 6) is 1.36. The van der Waals surface area contributed by atoms with E-state index in [9.17, 15) is 9.59 Å². The van der Waals surface area contributed by atoms with Crippen molar-refractivity contribution >= 4 is 17.5 Å². The van der Waals surface area contributed by atoms with Gasteiger partial charge in [0.15, 0.2) is 34.5 Å². The Hall–Kier alpha value is -4.80. The number of hydrogen-bond acceptors (Lipinski definition) is 9. The molecule has 1 heterocycles. The molecule has 3 aromatic carbocycles. The Balaban J connectivity index is 1.90. The second-order valence-electron chi connectivity index (χ2n) is 9.15. The number of carbonyl (C=O) groups excluding carboxylic acids is 2. The quantitative estimate of drug-likeness (QED) is 0.384. The fraction of sp³-hybridized carbons (Fsp3) is 0.333. The van der Waals surface area contributed by atoms with Gasteiger partial charge in [-0.05, 0) is 35.4 Å². The molecule has 1 N–H and O–H groups in total. The van der Waals surface area contributed by atoms with Crippen LogP contribution in [0.1, 0.15) is 33.4 Å². The largest absolute Gasteiger partial charge is 0.493 e. The summed E-state index contributed by atoms with van der Waals surface area (Å²) in [4.78, 5) is 29.5. The van der Waals surface area contributed by atoms with Gasteiger partial charge in [-0.25, -0.2) is 0 Å². The summed E-state index contributed by atoms with van der Waals surface area (Å²) >= 11 is 0. The molecule has 1 aliphatic rings. The summed E-state index contributed by atoms with van der Waals surface area (Å²) in [6.45, 7) is 0. The average Bonchev–Trinajstić information content (AvgIpc) is 3.00. The molecule has 0 unspecified atom stereocenters. The van der Waals surface area contributed by atoms with Gasteiger partial charge in [-0.15, -0.1) is 0 Å². The Morgan fingerprint density at radius 2 is 1.22 bits per heavy atom. The molecule has 0 spiro atoms. The Kier molecular flexibility index (Phi) is 8.65. The molecule has 11 nitrogen and oxygen atoms in total. The summed E-state index contributed by atoms with van der Waals surface area (Å²) in [6, 6.07) is 11.1. The predicted octanol–water partition coefficient (Wildman–Crippen LogP) is 4.30. The zero-order chi connectivity index (χ0) is 29.8. The second-order valence-corrected chi connectivity index (χ2v) is 9.15. The number of rotatable bonds is 10. The van der Waals surface area contributed by atoms with Crippen molar-refractivity contribution in [1.82, 2.24) is 4.90 Å². The van der Waals surface area contributed by atoms with Crippen LogP contribution in [0.3, 0.4) is 0 Å². The van der Waals surface area contributed by atoms with Crippen LogP contribution in [0.2, 0.25) is 0 Å². The molecule has 0 bridgehead atoms. The number of nitrogens with one attached hydrogen (secondary N) is 1. The third kappa shape index (κ3) is 5.22. The highest BCUT2D eigenvalue weighted by atomic mass is 16.5. The van der Waals surface area contributed by atoms with Crippen LogP contribution in [-0.2, 0) is 4.79 Å². The van der Waals surface area contributed by atoms with Crippen molar-refractivity contribution in [1.29, 1.82) is 0 Å². The van der Waals surface area contributed by atoms with Gasteiger partial charge in [0, 0.05) is 30.4 Å². The molecule has 1 aliphatic heterocycles. The number of ether oxygens (including phenoxy) is 7. The van der Waals surface area contributed by atoms with Crippen LogP contribution in [0, 0.1) is 0 Å². The molecule has 2 atom stereocenters. The summed E-state index contributed by atoms with van der Waals surface area (Å²) in [6.07, 6.45) is 0. The standard InChI is InChI=1S/C30H34N2O9/c1-32-27(16-9-10-20(35-2)21(11-16)36-3)26(18-14-22(37-4)23(38-5)15-19(18)30(32)34)29(33)31-17-12-24(39-6)28(41-8)25(13-17)40-7/h9-15,26-27H,1-8H3,(H,31,33)/t26-,27+/m1/s1. The third-order valence-electron chi connectivity index (χ3n) is 7.14. The first kappa shape index (κ1) is 29.2. The van der Waals surface area contributed by atoms with E-state index in [1.807, 2.05) is 0 Å². The molecule has 0 saturated carbocycles. The number of methoxy groups -OCH3 is 7. The third-order valence-corrected chi connectivity index (χ3v) is 7.14. The Morgan fingerprint density at radius 1 is 0.683 bits per heavy atom. The monoisotopic (exact) mass is 566 g/mol. The van der Waals surface area contributed by atoms with Crippen molar-refractivity contribution in [2.45, 2.75) is 12.0 Å². The van der Waals surface area contributed by atoms with Crippen LogP contribution in [0.4, 0.5) is 5.69 Å². The number of hydrogen-bond donors (Lipinski definition) is 1. The van der Waals surface area contributed by atoms with Gasteiger partial charge in [-0.1, -0.05) is 6.07 Å². The summed E-state index contributed by atoms with van der Waals surface area (Å²) in [5.41, 5.74) is 1.89. The molecule has 4 rings (SSSR count). The molecule has 0 aliphatic carbocycles. The van der Waals surface area contributed by atoms with Crippen molar-refractivity contribution in [3.8, 4) is 40.2 Å². The van der Waals surface area contributed by atoms with Gasteiger partial charge in [-0.3, -0.25) is 9.59 Å². The molecule has 218 valence electrons. The maximum absolute atomic E-state index is 14.3. The maximum Gasteiger partial charge on any atom is 0.254 e. The fourth-order valence-corrected chi connectivity index (χ4v) is 5.16. The van der Waals surface area contributed by atoms with E-state index in [0.29, 0.717) is 62.6 Å². The van der Waals surface area contributed by atoms with Gasteiger partial charge < -0.3 is 43.4 Å². The van der Waals surface area contributed by atoms with Crippen LogP contribution in [-0.4, -0.2) is 73.5 Å². The van der Waals surface area contributed by atoms with E-state index in [0.717, 1.165) is 0 Å². The first-order chi connectivity index (χ1) is 19.8. The zero-order valence-electron chi connectivity index (χ0n) is 24.3. The van der Waals surface area contributed by atoms with Crippen molar-refractivity contribution in [2.24, 2.45) is 0 Å². The number of amides is 2. The molecule has 0 saturated heterocycles. The number of nitrogens with zero attached hydrogens (tertiary/aromatic N) is 1. The molecular weight excluding hydrogens is 532 g/mol. The topological polar surface area (TPSA) is 114 Å². The number of likely N-dealkylation sites (N-methyl/N-ethyl adjacent to an activating group) is 1. The minimum Gasteiger partial charge on any atom is -0.493 e. The van der Waals surface area contributed by atoms with Gasteiger partial charge in [0.2, 0.25) is 11.7 Å². The Labute approximate surface area is 238 Å². The SMILES string of the molecule is COc1ccc([C@H]2[C@H](C(=O)Nc3cc(OC)c(OC)c(OC)c3)c3cc(OC)c(OC)cc3C(=O)N2C)cc1OC. The highest BCUT2D eigenvalue weighted by molar-refractivity contribution is 6.05. The lowest BCUT2D eigenvalue weighted by Gasteiger charge is -2.40. The smallest absolute Gasteiger partial charge is 0.254 e. The highest BCUT2D eigenvalue weighted by Gasteiger charge is 2.44. The van der Waals surface area contributed by atoms with Crippen LogP contribution in [0.25, 0.3) is 0 Å². The van der Waals surface area contributed by atoms with E-state index in [2.05, 4.69) is 5.32 Å². The lowest BCUT2D eigenvalue weighted by Crippen LogP contribution is -2.44. The van der Waals surface area contributed by atoms with Gasteiger partial charge in [-0.2, -0.15) is 0 Å². The molecule has 11 heteroatoms. The van der Waals surface area contributed by atoms with Crippen molar-refractivity contribution < 1.29 is 42.7 Å². The molecule has 0 aromatic heterocycles. The van der Waals surface area contributed by atoms with Gasteiger partial charge in [0.05, 0.1) is 61.7 Å². The van der Waals surface area contributed by atoms with E-state index >= 15 is 0 Å². The number of benzene rings is 3. The van der Waals surface area contributed by atoms with E-state index in [1.165, 1.54) is 54.7 Å². The average molecular weight is 567 g/mol. The van der Waals surface area contributed by atoms with Crippen LogP contribution >= 0.6 is 0 Å². The minimum absolute atomic E-state index is 0.280. The van der Waals surface area contributed by atoms with Crippen LogP contribution in [0.15, 0.2) is 42.5 Å². The molecule has 41 heavy (non-hydrogen) atoms. The molecule has 3 aromatic rings. The van der Waals surface area contributed by atoms with E-state index in [4.69, 9.17) is 33.2 Å². The predicted molar refractivity (Wildman–Crippen MR) is 151 cm³/mol. The highest BCUT2D eigenvalue weighted by Crippen LogP contribution is 2.48. The van der Waals surface area contributed by atoms with E-state index in [1.54, 1.807) is 49.5 Å². The normalized spacial score (nSPS) is 15.9. The van der Waals surface area contributed by atoms with Gasteiger partial charge in [0.25, 0.3) is 5.91 Å². The van der Waals surface area contributed by atoms with Crippen molar-refractivity contribution in [3.05, 3.63) is 59.2 Å². The molecule has 0 fully saturated rings. The van der Waals surface area contributed by atoms with Gasteiger partial charge >= 0.3 is 0 Å². The second kappa shape index (κ2) is 12.2. The van der Waals surface area contributed by atoms with Crippen LogP contribution in [0.5, 0.6) is 40.2 Å². The lowest BCUT2D eigenvalue weighted by molar-refractivity contribution is -0.119. The summed E-state index contributed by atoms with van der Waals surface area (Å²) < 4.78 is 38.3. The lowest BCUT2D eigenvalue weighted by atomic mass is 9.79. The molecule has 0 radical (unpaired) electrons. The molecule has 2 amide bonds. The zero-order valence-corrected chi connectivity index (χ0v) is 24.3. The first-order valence-corrected chi connectivity index (χ1v) is 12.6.